The van der Waals surface area contributed by atoms with Crippen LogP contribution in [-0.2, 0) is 16.1 Å². The van der Waals surface area contributed by atoms with Gasteiger partial charge in [-0.1, -0.05) is 6.07 Å². The zero-order valence-corrected chi connectivity index (χ0v) is 18.0. The number of imidazole rings is 1. The average Bonchev–Trinajstić information content (AvgIpc) is 3.57. The highest BCUT2D eigenvalue weighted by Crippen LogP contribution is 2.42. The minimum atomic E-state index is -0.682. The van der Waals surface area contributed by atoms with Gasteiger partial charge in [0, 0.05) is 35.9 Å². The van der Waals surface area contributed by atoms with E-state index in [2.05, 4.69) is 4.98 Å². The van der Waals surface area contributed by atoms with Gasteiger partial charge in [-0.05, 0) is 36.1 Å². The summed E-state index contributed by atoms with van der Waals surface area (Å²) in [6.07, 6.45) is 5.92. The van der Waals surface area contributed by atoms with Gasteiger partial charge in [0.2, 0.25) is 0 Å². The Morgan fingerprint density at radius 1 is 1.16 bits per heavy atom. The number of hydrogen-bond donors (Lipinski definition) is 1. The van der Waals surface area contributed by atoms with E-state index in [0.29, 0.717) is 49.8 Å². The first-order valence-corrected chi connectivity index (χ1v) is 11.2. The number of likely N-dealkylation sites (tertiary alicyclic amines) is 1. The molecule has 5 rings (SSSR count). The number of carbonyl (C=O) groups excluding carboxylic acids is 2. The normalized spacial score (nSPS) is 19.5. The van der Waals surface area contributed by atoms with Gasteiger partial charge < -0.3 is 24.0 Å². The van der Waals surface area contributed by atoms with Crippen LogP contribution in [0.3, 0.4) is 0 Å². The third kappa shape index (κ3) is 3.64. The van der Waals surface area contributed by atoms with Crippen molar-refractivity contribution in [2.75, 3.05) is 19.8 Å². The smallest absolute Gasteiger partial charge is 0.295 e. The lowest BCUT2D eigenvalue weighted by molar-refractivity contribution is -0.139. The summed E-state index contributed by atoms with van der Waals surface area (Å²) in [7, 11) is 0. The molecule has 9 heteroatoms. The lowest BCUT2D eigenvalue weighted by Crippen LogP contribution is -2.31. The van der Waals surface area contributed by atoms with Gasteiger partial charge in [-0.2, -0.15) is 0 Å². The van der Waals surface area contributed by atoms with Gasteiger partial charge in [0.1, 0.15) is 19.0 Å². The van der Waals surface area contributed by atoms with Crippen molar-refractivity contribution in [3.63, 3.8) is 0 Å². The molecule has 1 N–H and O–H groups in total. The molecular formula is C23H21N3O5S. The Hall–Kier alpha value is -3.59. The van der Waals surface area contributed by atoms with Crippen molar-refractivity contribution in [2.24, 2.45) is 0 Å². The molecule has 1 fully saturated rings. The topological polar surface area (TPSA) is 93.9 Å². The molecule has 0 spiro atoms. The molecule has 1 atom stereocenters. The zero-order valence-electron chi connectivity index (χ0n) is 17.1. The molecule has 2 aliphatic rings. The van der Waals surface area contributed by atoms with Crippen LogP contribution < -0.4 is 9.47 Å². The summed E-state index contributed by atoms with van der Waals surface area (Å²) in [6.45, 7) is 1.92. The average molecular weight is 452 g/mol. The largest absolute Gasteiger partial charge is 0.507 e. The summed E-state index contributed by atoms with van der Waals surface area (Å²) in [6, 6.07) is 8.12. The Kier molecular flexibility index (Phi) is 5.40. The number of aryl methyl sites for hydroxylation is 1. The van der Waals surface area contributed by atoms with E-state index >= 15 is 0 Å². The predicted octanol–water partition coefficient (Wildman–Crippen LogP) is 3.23. The van der Waals surface area contributed by atoms with Crippen LogP contribution in [0, 0.1) is 0 Å². The maximum absolute atomic E-state index is 13.0. The highest BCUT2D eigenvalue weighted by Gasteiger charge is 2.46. The molecule has 1 aromatic carbocycles. The molecular weight excluding hydrogens is 430 g/mol. The Balaban J connectivity index is 1.49. The number of aromatic nitrogens is 2. The van der Waals surface area contributed by atoms with E-state index in [1.807, 2.05) is 28.3 Å². The summed E-state index contributed by atoms with van der Waals surface area (Å²) in [5.41, 5.74) is 0.504. The number of thiophene rings is 1. The monoisotopic (exact) mass is 451 g/mol. The summed E-state index contributed by atoms with van der Waals surface area (Å²) in [5, 5.41) is 13.0. The Labute approximate surface area is 188 Å². The fraction of sp³-hybridized carbons (Fsp3) is 0.261. The van der Waals surface area contributed by atoms with Crippen LogP contribution >= 0.6 is 11.3 Å². The van der Waals surface area contributed by atoms with Crippen LogP contribution in [-0.4, -0.2) is 51.0 Å². The van der Waals surface area contributed by atoms with Crippen LogP contribution in [0.15, 0.2) is 60.0 Å². The van der Waals surface area contributed by atoms with Gasteiger partial charge in [-0.15, -0.1) is 11.3 Å². The standard InChI is InChI=1S/C23H21N3O5S/c27-21(15-4-5-16-17(13-15)31-11-10-30-16)19-20(18-3-1-12-32-18)26(23(29)22(19)28)8-2-7-25-9-6-24-14-25/h1,3-6,9,12-14,20,27H,2,7-8,10-11H2. The number of rotatable bonds is 6. The summed E-state index contributed by atoms with van der Waals surface area (Å²) in [5.74, 6) is -0.410. The lowest BCUT2D eigenvalue weighted by Gasteiger charge is -2.24. The van der Waals surface area contributed by atoms with Gasteiger partial charge >= 0.3 is 0 Å². The second-order valence-electron chi connectivity index (χ2n) is 7.52. The highest BCUT2D eigenvalue weighted by atomic mass is 32.1. The quantitative estimate of drug-likeness (QED) is 0.351. The van der Waals surface area contributed by atoms with Crippen molar-refractivity contribution in [3.8, 4) is 11.5 Å². The molecule has 2 aliphatic heterocycles. The number of hydrogen-bond acceptors (Lipinski definition) is 7. The SMILES string of the molecule is O=C1C(=O)N(CCCn2ccnc2)C(c2cccs2)C1=C(O)c1ccc2c(c1)OCCO2. The number of amides is 1. The number of nitrogens with zero attached hydrogens (tertiary/aromatic N) is 3. The molecule has 1 saturated heterocycles. The number of benzene rings is 1. The second kappa shape index (κ2) is 8.51. The molecule has 0 saturated carbocycles. The van der Waals surface area contributed by atoms with Crippen molar-refractivity contribution < 1.29 is 24.2 Å². The van der Waals surface area contributed by atoms with Gasteiger partial charge in [0.25, 0.3) is 11.7 Å². The van der Waals surface area contributed by atoms with Crippen LogP contribution in [0.1, 0.15) is 22.9 Å². The maximum Gasteiger partial charge on any atom is 0.295 e. The van der Waals surface area contributed by atoms with Crippen LogP contribution in [0.5, 0.6) is 11.5 Å². The predicted molar refractivity (Wildman–Crippen MR) is 118 cm³/mol. The molecule has 4 heterocycles. The van der Waals surface area contributed by atoms with E-state index in [4.69, 9.17) is 9.47 Å². The molecule has 0 aliphatic carbocycles. The van der Waals surface area contributed by atoms with Crippen molar-refractivity contribution in [2.45, 2.75) is 19.0 Å². The van der Waals surface area contributed by atoms with Crippen LogP contribution in [0.25, 0.3) is 5.76 Å². The fourth-order valence-corrected chi connectivity index (χ4v) is 4.89. The fourth-order valence-electron chi connectivity index (χ4n) is 4.04. The minimum Gasteiger partial charge on any atom is -0.507 e. The molecule has 32 heavy (non-hydrogen) atoms. The number of ether oxygens (including phenoxy) is 2. The number of Topliss-reactive ketones (excluding diaryl/α,β-unsaturated/α-hetero) is 1. The number of aliphatic hydroxyl groups excluding tert-OH is 1. The van der Waals surface area contributed by atoms with Crippen molar-refractivity contribution in [1.29, 1.82) is 0 Å². The van der Waals surface area contributed by atoms with Gasteiger partial charge in [-0.3, -0.25) is 9.59 Å². The molecule has 2 aromatic heterocycles. The van der Waals surface area contributed by atoms with E-state index < -0.39 is 17.7 Å². The van der Waals surface area contributed by atoms with Crippen molar-refractivity contribution in [1.82, 2.24) is 14.5 Å². The molecule has 0 bridgehead atoms. The van der Waals surface area contributed by atoms with E-state index in [1.165, 1.54) is 11.3 Å². The molecule has 0 radical (unpaired) electrons. The number of fused-ring (bicyclic) bond motifs is 1. The minimum absolute atomic E-state index is 0.0942. The molecule has 3 aromatic rings. The van der Waals surface area contributed by atoms with Crippen molar-refractivity contribution >= 4 is 28.8 Å². The molecule has 164 valence electrons. The first kappa shape index (κ1) is 20.3. The molecule has 8 nitrogen and oxygen atoms in total. The first-order chi connectivity index (χ1) is 15.6. The highest BCUT2D eigenvalue weighted by molar-refractivity contribution is 7.10. The molecule has 1 amide bonds. The first-order valence-electron chi connectivity index (χ1n) is 10.3. The number of ketones is 1. The summed E-state index contributed by atoms with van der Waals surface area (Å²) >= 11 is 1.45. The Morgan fingerprint density at radius 3 is 2.75 bits per heavy atom. The van der Waals surface area contributed by atoms with E-state index in [0.717, 1.165) is 4.88 Å². The lowest BCUT2D eigenvalue weighted by atomic mass is 9.99. The van der Waals surface area contributed by atoms with Gasteiger partial charge in [0.05, 0.1) is 17.9 Å². The van der Waals surface area contributed by atoms with Crippen LogP contribution in [0.2, 0.25) is 0 Å². The Bertz CT molecular complexity index is 1170. The van der Waals surface area contributed by atoms with E-state index in [9.17, 15) is 14.7 Å². The maximum atomic E-state index is 13.0. The summed E-state index contributed by atoms with van der Waals surface area (Å²) in [4.78, 5) is 32.4. The second-order valence-corrected chi connectivity index (χ2v) is 8.50. The van der Waals surface area contributed by atoms with Crippen molar-refractivity contribution in [3.05, 3.63) is 70.4 Å². The van der Waals surface area contributed by atoms with E-state index in [-0.39, 0.29) is 11.3 Å². The number of carbonyl (C=O) groups is 2. The van der Waals surface area contributed by atoms with Gasteiger partial charge in [0.15, 0.2) is 11.5 Å². The van der Waals surface area contributed by atoms with E-state index in [1.54, 1.807) is 35.6 Å². The molecule has 1 unspecified atom stereocenters. The Morgan fingerprint density at radius 2 is 2.00 bits per heavy atom. The summed E-state index contributed by atoms with van der Waals surface area (Å²) < 4.78 is 13.1. The zero-order chi connectivity index (χ0) is 22.1. The van der Waals surface area contributed by atoms with Crippen LogP contribution in [0.4, 0.5) is 0 Å². The van der Waals surface area contributed by atoms with Gasteiger partial charge in [-0.25, -0.2) is 4.98 Å². The number of aliphatic hydroxyl groups is 1. The third-order valence-corrected chi connectivity index (χ3v) is 6.47. The third-order valence-electron chi connectivity index (χ3n) is 5.54.